The molecular weight excluding hydrogens is 401 g/mol. The van der Waals surface area contributed by atoms with Gasteiger partial charge < -0.3 is 10.5 Å². The zero-order valence-corrected chi connectivity index (χ0v) is 13.1. The number of thiocarbonyl (C=S) groups is 1. The molecular formula is C14H8F9NOS. The highest BCUT2D eigenvalue weighted by Crippen LogP contribution is 2.52. The van der Waals surface area contributed by atoms with E-state index >= 15 is 0 Å². The van der Waals surface area contributed by atoms with Crippen LogP contribution in [0.4, 0.5) is 39.5 Å². The van der Waals surface area contributed by atoms with Gasteiger partial charge in [-0.15, -0.1) is 0 Å². The van der Waals surface area contributed by atoms with Crippen LogP contribution in [0.25, 0.3) is 5.57 Å². The second-order valence-electron chi connectivity index (χ2n) is 5.22. The maximum Gasteiger partial charge on any atom is 0.460 e. The van der Waals surface area contributed by atoms with Gasteiger partial charge in [-0.2, -0.15) is 30.7 Å². The highest BCUT2D eigenvalue weighted by atomic mass is 32.1. The molecule has 0 saturated heterocycles. The van der Waals surface area contributed by atoms with Crippen molar-refractivity contribution in [1.29, 1.82) is 0 Å². The molecule has 0 aromatic heterocycles. The first-order chi connectivity index (χ1) is 11.7. The van der Waals surface area contributed by atoms with E-state index in [1.165, 1.54) is 0 Å². The fraction of sp³-hybridized carbons (Fsp3) is 0.357. The number of halogens is 9. The molecule has 144 valence electrons. The molecule has 1 unspecified atom stereocenters. The van der Waals surface area contributed by atoms with Crippen molar-refractivity contribution in [2.45, 2.75) is 30.6 Å². The molecule has 1 aliphatic rings. The van der Waals surface area contributed by atoms with Crippen molar-refractivity contribution in [2.75, 3.05) is 0 Å². The van der Waals surface area contributed by atoms with Crippen LogP contribution in [0, 0.1) is 0 Å². The summed E-state index contributed by atoms with van der Waals surface area (Å²) in [5, 5.41) is 0. The van der Waals surface area contributed by atoms with Crippen LogP contribution < -0.4 is 10.5 Å². The largest absolute Gasteiger partial charge is 0.480 e. The molecule has 1 aromatic rings. The van der Waals surface area contributed by atoms with Crippen molar-refractivity contribution in [2.24, 2.45) is 5.73 Å². The van der Waals surface area contributed by atoms with Gasteiger partial charge in [-0.05, 0) is 24.3 Å². The van der Waals surface area contributed by atoms with Crippen LogP contribution in [0.1, 0.15) is 11.1 Å². The lowest BCUT2D eigenvalue weighted by molar-refractivity contribution is -0.359. The Morgan fingerprint density at radius 3 is 2.12 bits per heavy atom. The van der Waals surface area contributed by atoms with Gasteiger partial charge in [0, 0.05) is 16.7 Å². The molecule has 0 aliphatic carbocycles. The number of nitrogens with two attached hydrogens (primary N) is 1. The Morgan fingerprint density at radius 1 is 1.08 bits per heavy atom. The third kappa shape index (κ3) is 3.21. The maximum absolute atomic E-state index is 13.8. The molecule has 0 saturated carbocycles. The third-order valence-corrected chi connectivity index (χ3v) is 3.71. The molecule has 1 aromatic carbocycles. The van der Waals surface area contributed by atoms with Crippen LogP contribution in [0.2, 0.25) is 0 Å². The lowest BCUT2D eigenvalue weighted by Crippen LogP contribution is -2.50. The van der Waals surface area contributed by atoms with E-state index in [0.717, 1.165) is 0 Å². The molecule has 26 heavy (non-hydrogen) atoms. The van der Waals surface area contributed by atoms with Crippen molar-refractivity contribution in [3.8, 4) is 5.75 Å². The van der Waals surface area contributed by atoms with E-state index in [1.807, 2.05) is 0 Å². The van der Waals surface area contributed by atoms with Crippen LogP contribution in [-0.2, 0) is 5.92 Å². The summed E-state index contributed by atoms with van der Waals surface area (Å²) < 4.78 is 121. The molecule has 0 amide bonds. The smallest absolute Gasteiger partial charge is 0.460 e. The van der Waals surface area contributed by atoms with Gasteiger partial charge in [0.1, 0.15) is 10.7 Å². The predicted molar refractivity (Wildman–Crippen MR) is 76.5 cm³/mol. The fourth-order valence-electron chi connectivity index (χ4n) is 2.17. The van der Waals surface area contributed by atoms with Gasteiger partial charge in [0.2, 0.25) is 0 Å². The first-order valence-electron chi connectivity index (χ1n) is 6.64. The average Bonchev–Trinajstić information content (AvgIpc) is 2.51. The van der Waals surface area contributed by atoms with Crippen LogP contribution in [0.3, 0.4) is 0 Å². The first kappa shape index (κ1) is 20.3. The molecule has 2 N–H and O–H groups in total. The summed E-state index contributed by atoms with van der Waals surface area (Å²) in [4.78, 5) is -0.553. The van der Waals surface area contributed by atoms with Crippen molar-refractivity contribution < 1.29 is 44.3 Å². The molecule has 0 bridgehead atoms. The highest BCUT2D eigenvalue weighted by Gasteiger charge is 2.73. The monoisotopic (exact) mass is 409 g/mol. The Kier molecular flexibility index (Phi) is 4.94. The minimum Gasteiger partial charge on any atom is -0.480 e. The number of hydrogen-bond donors (Lipinski definition) is 1. The number of ether oxygens (including phenoxy) is 1. The number of alkyl halides is 9. The van der Waals surface area contributed by atoms with Gasteiger partial charge in [0.15, 0.2) is 6.10 Å². The number of benzene rings is 1. The number of fused-ring (bicyclic) bond motifs is 1. The highest BCUT2D eigenvalue weighted by molar-refractivity contribution is 7.81. The Balaban J connectivity index is 2.59. The van der Waals surface area contributed by atoms with Gasteiger partial charge in [0.05, 0.1) is 0 Å². The molecule has 2 nitrogen and oxygen atoms in total. The van der Waals surface area contributed by atoms with Crippen LogP contribution in [-0.4, -0.2) is 29.6 Å². The lowest BCUT2D eigenvalue weighted by atomic mass is 9.94. The Labute approximate surface area is 145 Å². The molecule has 1 atom stereocenters. The van der Waals surface area contributed by atoms with E-state index in [2.05, 4.69) is 12.2 Å². The fourth-order valence-corrected chi connectivity index (χ4v) is 2.35. The molecule has 0 fully saturated rings. The summed E-state index contributed by atoms with van der Waals surface area (Å²) in [6, 6.07) is 1.05. The Hall–Kier alpha value is -1.98. The average molecular weight is 409 g/mol. The van der Waals surface area contributed by atoms with Gasteiger partial charge in [-0.3, -0.25) is 0 Å². The van der Waals surface area contributed by atoms with Crippen LogP contribution in [0.15, 0.2) is 24.3 Å². The summed E-state index contributed by atoms with van der Waals surface area (Å²) in [5.74, 6) is -12.5. The standard InChI is InChI=1S/C14H8F9NOS/c15-10(16)9-4-7(11(24)26)6-3-5(1-2-8(6)25-9)12(17,18)13(19,20)14(21,22)23/h1-4,9-10H,(H2,24,26). The topological polar surface area (TPSA) is 35.2 Å². The summed E-state index contributed by atoms with van der Waals surface area (Å²) in [6.45, 7) is 0. The van der Waals surface area contributed by atoms with Gasteiger partial charge >= 0.3 is 18.0 Å². The van der Waals surface area contributed by atoms with E-state index in [9.17, 15) is 39.5 Å². The first-order valence-corrected chi connectivity index (χ1v) is 7.04. The van der Waals surface area contributed by atoms with Gasteiger partial charge in [-0.1, -0.05) is 12.2 Å². The van der Waals surface area contributed by atoms with E-state index in [4.69, 9.17) is 10.5 Å². The second kappa shape index (κ2) is 6.32. The molecule has 1 heterocycles. The van der Waals surface area contributed by atoms with Crippen molar-refractivity contribution >= 4 is 22.8 Å². The normalized spacial score (nSPS) is 18.2. The minimum atomic E-state index is -6.52. The quantitative estimate of drug-likeness (QED) is 0.580. The van der Waals surface area contributed by atoms with Gasteiger partial charge in [0.25, 0.3) is 6.43 Å². The van der Waals surface area contributed by atoms with Crippen LogP contribution in [0.5, 0.6) is 5.75 Å². The zero-order valence-electron chi connectivity index (χ0n) is 12.3. The van der Waals surface area contributed by atoms with Crippen molar-refractivity contribution in [3.63, 3.8) is 0 Å². The summed E-state index contributed by atoms with van der Waals surface area (Å²) in [5.41, 5.74) is 2.70. The lowest BCUT2D eigenvalue weighted by Gasteiger charge is -2.30. The Morgan fingerprint density at radius 2 is 1.65 bits per heavy atom. The van der Waals surface area contributed by atoms with E-state index in [-0.39, 0.29) is 12.1 Å². The molecule has 2 rings (SSSR count). The summed E-state index contributed by atoms with van der Waals surface area (Å²) in [6.07, 6.45) is -10.7. The zero-order chi connectivity index (χ0) is 20.1. The van der Waals surface area contributed by atoms with Crippen LogP contribution >= 0.6 is 12.2 Å². The maximum atomic E-state index is 13.8. The molecule has 1 aliphatic heterocycles. The van der Waals surface area contributed by atoms with Crippen molar-refractivity contribution in [3.05, 3.63) is 35.4 Å². The van der Waals surface area contributed by atoms with E-state index in [1.54, 1.807) is 0 Å². The van der Waals surface area contributed by atoms with E-state index in [0.29, 0.717) is 12.1 Å². The second-order valence-corrected chi connectivity index (χ2v) is 5.66. The van der Waals surface area contributed by atoms with Crippen molar-refractivity contribution in [1.82, 2.24) is 0 Å². The minimum absolute atomic E-state index is 0.226. The number of rotatable bonds is 4. The third-order valence-electron chi connectivity index (χ3n) is 3.49. The Bertz CT molecular complexity index is 757. The molecule has 0 spiro atoms. The molecule has 12 heteroatoms. The summed E-state index contributed by atoms with van der Waals surface area (Å²) >= 11 is 4.59. The van der Waals surface area contributed by atoms with E-state index < -0.39 is 58.0 Å². The SMILES string of the molecule is NC(=S)C1=CC(C(F)F)Oc2ccc(C(F)(F)C(F)(F)C(F)(F)F)cc21. The summed E-state index contributed by atoms with van der Waals surface area (Å²) in [7, 11) is 0. The number of hydrogen-bond acceptors (Lipinski definition) is 2. The van der Waals surface area contributed by atoms with Gasteiger partial charge in [-0.25, -0.2) is 8.78 Å². The predicted octanol–water partition coefficient (Wildman–Crippen LogP) is 4.67. The molecule has 0 radical (unpaired) electrons.